The molecule has 100 valence electrons. The second-order valence-corrected chi connectivity index (χ2v) is 5.31. The van der Waals surface area contributed by atoms with Crippen LogP contribution in [0.25, 0.3) is 0 Å². The van der Waals surface area contributed by atoms with E-state index in [2.05, 4.69) is 9.97 Å². The normalized spacial score (nSPS) is 28.7. The molecule has 3 rings (SSSR count). The second kappa shape index (κ2) is 4.45. The first kappa shape index (κ1) is 12.3. The number of aromatic nitrogens is 2. The number of amides is 1. The fourth-order valence-electron chi connectivity index (χ4n) is 3.15. The van der Waals surface area contributed by atoms with E-state index in [-0.39, 0.29) is 28.8 Å². The minimum Gasteiger partial charge on any atom is -0.481 e. The van der Waals surface area contributed by atoms with E-state index < -0.39 is 11.9 Å². The van der Waals surface area contributed by atoms with Crippen molar-refractivity contribution in [3.63, 3.8) is 0 Å². The van der Waals surface area contributed by atoms with Gasteiger partial charge in [-0.2, -0.15) is 0 Å². The van der Waals surface area contributed by atoms with Crippen LogP contribution in [0.5, 0.6) is 0 Å². The van der Waals surface area contributed by atoms with E-state index >= 15 is 0 Å². The van der Waals surface area contributed by atoms with Crippen LogP contribution in [0.15, 0.2) is 12.4 Å². The molecule has 0 spiro atoms. The van der Waals surface area contributed by atoms with Crippen LogP contribution in [-0.4, -0.2) is 43.9 Å². The molecule has 0 saturated carbocycles. The van der Waals surface area contributed by atoms with Gasteiger partial charge in [0.2, 0.25) is 0 Å². The SMILES string of the molecule is O=C(O)C1CC2CCC1N2C(=O)c1cncc(Cl)n1. The van der Waals surface area contributed by atoms with Gasteiger partial charge in [0.15, 0.2) is 0 Å². The first-order chi connectivity index (χ1) is 9.08. The highest BCUT2D eigenvalue weighted by atomic mass is 35.5. The molecule has 1 amide bonds. The minimum absolute atomic E-state index is 0.000573. The van der Waals surface area contributed by atoms with Crippen LogP contribution in [0, 0.1) is 5.92 Å². The zero-order valence-electron chi connectivity index (χ0n) is 9.99. The molecule has 19 heavy (non-hydrogen) atoms. The van der Waals surface area contributed by atoms with Crippen molar-refractivity contribution in [3.8, 4) is 0 Å². The van der Waals surface area contributed by atoms with Gasteiger partial charge >= 0.3 is 5.97 Å². The van der Waals surface area contributed by atoms with Gasteiger partial charge in [0.25, 0.3) is 5.91 Å². The number of carbonyl (C=O) groups is 2. The third kappa shape index (κ3) is 1.96. The summed E-state index contributed by atoms with van der Waals surface area (Å²) in [4.78, 5) is 33.0. The first-order valence-electron chi connectivity index (χ1n) is 6.11. The highest BCUT2D eigenvalue weighted by Gasteiger charge is 2.51. The van der Waals surface area contributed by atoms with E-state index in [0.29, 0.717) is 6.42 Å². The van der Waals surface area contributed by atoms with E-state index in [1.54, 1.807) is 4.90 Å². The molecule has 2 fully saturated rings. The molecule has 0 aromatic carbocycles. The Bertz CT molecular complexity index is 551. The number of hydrogen-bond acceptors (Lipinski definition) is 4. The highest BCUT2D eigenvalue weighted by molar-refractivity contribution is 6.29. The molecular weight excluding hydrogens is 270 g/mol. The first-order valence-corrected chi connectivity index (χ1v) is 6.48. The smallest absolute Gasteiger partial charge is 0.308 e. The average Bonchev–Trinajstić information content (AvgIpc) is 2.95. The lowest BCUT2D eigenvalue weighted by atomic mass is 9.89. The molecule has 2 aliphatic heterocycles. The topological polar surface area (TPSA) is 83.4 Å². The zero-order valence-corrected chi connectivity index (χ0v) is 10.7. The Morgan fingerprint density at radius 2 is 2.16 bits per heavy atom. The number of halogens is 1. The lowest BCUT2D eigenvalue weighted by molar-refractivity contribution is -0.142. The highest BCUT2D eigenvalue weighted by Crippen LogP contribution is 2.42. The minimum atomic E-state index is -0.831. The van der Waals surface area contributed by atoms with Crippen molar-refractivity contribution in [1.29, 1.82) is 0 Å². The molecule has 3 unspecified atom stereocenters. The summed E-state index contributed by atoms with van der Waals surface area (Å²) < 4.78 is 0. The van der Waals surface area contributed by atoms with Gasteiger partial charge in [-0.25, -0.2) is 4.98 Å². The Kier molecular flexibility index (Phi) is 2.89. The summed E-state index contributed by atoms with van der Waals surface area (Å²) in [7, 11) is 0. The van der Waals surface area contributed by atoms with Gasteiger partial charge in [-0.1, -0.05) is 11.6 Å². The monoisotopic (exact) mass is 281 g/mol. The summed E-state index contributed by atoms with van der Waals surface area (Å²) in [5, 5.41) is 9.32. The lowest BCUT2D eigenvalue weighted by Crippen LogP contribution is -2.38. The molecular formula is C12H12ClN3O3. The molecule has 3 heterocycles. The Balaban J connectivity index is 1.87. The maximum Gasteiger partial charge on any atom is 0.308 e. The molecule has 1 aromatic rings. The quantitative estimate of drug-likeness (QED) is 0.881. The predicted octanol–water partition coefficient (Wildman–Crippen LogP) is 1.21. The van der Waals surface area contributed by atoms with Gasteiger partial charge in [-0.05, 0) is 19.3 Å². The number of carboxylic acid groups (broad SMARTS) is 1. The second-order valence-electron chi connectivity index (χ2n) is 4.92. The van der Waals surface area contributed by atoms with Gasteiger partial charge in [-0.15, -0.1) is 0 Å². The molecule has 6 nitrogen and oxygen atoms in total. The standard InChI is InChI=1S/C12H12ClN3O3/c13-10-5-14-4-8(15-10)11(17)16-6-1-2-9(16)7(3-6)12(18)19/h4-7,9H,1-3H2,(H,18,19). The average molecular weight is 282 g/mol. The summed E-state index contributed by atoms with van der Waals surface area (Å²) >= 11 is 5.72. The van der Waals surface area contributed by atoms with Crippen molar-refractivity contribution < 1.29 is 14.7 Å². The van der Waals surface area contributed by atoms with E-state index in [1.165, 1.54) is 12.4 Å². The number of aliphatic carboxylic acids is 1. The zero-order chi connectivity index (χ0) is 13.6. The predicted molar refractivity (Wildman–Crippen MR) is 65.8 cm³/mol. The van der Waals surface area contributed by atoms with Gasteiger partial charge in [-0.3, -0.25) is 14.6 Å². The molecule has 0 aliphatic carbocycles. The van der Waals surface area contributed by atoms with Crippen LogP contribution < -0.4 is 0 Å². The van der Waals surface area contributed by atoms with Crippen molar-refractivity contribution >= 4 is 23.5 Å². The van der Waals surface area contributed by atoms with Crippen LogP contribution in [0.2, 0.25) is 5.15 Å². The van der Waals surface area contributed by atoms with E-state index in [1.807, 2.05) is 0 Å². The number of carbonyl (C=O) groups excluding carboxylic acids is 1. The van der Waals surface area contributed by atoms with Gasteiger partial charge in [0, 0.05) is 12.1 Å². The summed E-state index contributed by atoms with van der Waals surface area (Å²) in [6.45, 7) is 0. The third-order valence-corrected chi connectivity index (χ3v) is 4.09. The molecule has 1 aromatic heterocycles. The van der Waals surface area contributed by atoms with Crippen LogP contribution in [-0.2, 0) is 4.79 Å². The number of hydrogen-bond donors (Lipinski definition) is 1. The molecule has 2 bridgehead atoms. The summed E-state index contributed by atoms with van der Waals surface area (Å²) in [5.41, 5.74) is 0.176. The van der Waals surface area contributed by atoms with Gasteiger partial charge in [0.1, 0.15) is 10.8 Å². The van der Waals surface area contributed by atoms with Crippen molar-refractivity contribution in [2.75, 3.05) is 0 Å². The van der Waals surface area contributed by atoms with Crippen LogP contribution in [0.3, 0.4) is 0 Å². The van der Waals surface area contributed by atoms with Crippen molar-refractivity contribution in [2.45, 2.75) is 31.3 Å². The number of fused-ring (bicyclic) bond motifs is 2. The Morgan fingerprint density at radius 1 is 1.37 bits per heavy atom. The summed E-state index contributed by atoms with van der Waals surface area (Å²) in [6.07, 6.45) is 4.84. The van der Waals surface area contributed by atoms with E-state index in [4.69, 9.17) is 16.7 Å². The number of nitrogens with zero attached hydrogens (tertiary/aromatic N) is 3. The largest absolute Gasteiger partial charge is 0.481 e. The van der Waals surface area contributed by atoms with Crippen LogP contribution in [0.1, 0.15) is 29.8 Å². The fourth-order valence-corrected chi connectivity index (χ4v) is 3.30. The number of rotatable bonds is 2. The number of carboxylic acids is 1. The molecule has 3 atom stereocenters. The maximum absolute atomic E-state index is 12.4. The Morgan fingerprint density at radius 3 is 2.79 bits per heavy atom. The van der Waals surface area contributed by atoms with Crippen molar-refractivity contribution in [3.05, 3.63) is 23.2 Å². The molecule has 2 aliphatic rings. The van der Waals surface area contributed by atoms with E-state index in [9.17, 15) is 9.59 Å². The molecule has 7 heteroatoms. The molecule has 0 radical (unpaired) electrons. The van der Waals surface area contributed by atoms with Gasteiger partial charge in [0.05, 0.1) is 18.3 Å². The van der Waals surface area contributed by atoms with Crippen LogP contribution >= 0.6 is 11.6 Å². The Hall–Kier alpha value is -1.69. The Labute approximate surface area is 114 Å². The molecule has 1 N–H and O–H groups in total. The maximum atomic E-state index is 12.4. The van der Waals surface area contributed by atoms with Gasteiger partial charge < -0.3 is 10.0 Å². The van der Waals surface area contributed by atoms with Crippen LogP contribution in [0.4, 0.5) is 0 Å². The summed E-state index contributed by atoms with van der Waals surface area (Å²) in [6, 6.07) is -0.227. The van der Waals surface area contributed by atoms with Crippen molar-refractivity contribution in [1.82, 2.24) is 14.9 Å². The van der Waals surface area contributed by atoms with E-state index in [0.717, 1.165) is 12.8 Å². The fraction of sp³-hybridized carbons (Fsp3) is 0.500. The van der Waals surface area contributed by atoms with Crippen molar-refractivity contribution in [2.24, 2.45) is 5.92 Å². The molecule has 2 saturated heterocycles. The summed E-state index contributed by atoms with van der Waals surface area (Å²) in [5.74, 6) is -1.57. The third-order valence-electron chi connectivity index (χ3n) is 3.91. The lowest BCUT2D eigenvalue weighted by Gasteiger charge is -2.22.